The van der Waals surface area contributed by atoms with Gasteiger partial charge in [-0.1, -0.05) is 24.3 Å². The predicted octanol–water partition coefficient (Wildman–Crippen LogP) is 1.88. The van der Waals surface area contributed by atoms with E-state index < -0.39 is 0 Å². The van der Waals surface area contributed by atoms with Crippen molar-refractivity contribution in [2.75, 3.05) is 32.8 Å². The molecule has 0 aliphatic carbocycles. The van der Waals surface area contributed by atoms with Gasteiger partial charge in [0.25, 0.3) is 0 Å². The molecule has 0 radical (unpaired) electrons. The highest BCUT2D eigenvalue weighted by Crippen LogP contribution is 2.16. The van der Waals surface area contributed by atoms with Gasteiger partial charge in [0.2, 0.25) is 0 Å². The molecule has 0 spiro atoms. The molecule has 2 aliphatic rings. The van der Waals surface area contributed by atoms with Crippen LogP contribution in [0.4, 0.5) is 0 Å². The third-order valence-corrected chi connectivity index (χ3v) is 3.75. The van der Waals surface area contributed by atoms with E-state index in [9.17, 15) is 0 Å². The van der Waals surface area contributed by atoms with Crippen molar-refractivity contribution >= 4 is 24.8 Å². The summed E-state index contributed by atoms with van der Waals surface area (Å²) in [7, 11) is 0. The van der Waals surface area contributed by atoms with Crippen LogP contribution < -0.4 is 5.32 Å². The zero-order chi connectivity index (χ0) is 11.5. The highest BCUT2D eigenvalue weighted by molar-refractivity contribution is 5.85. The second-order valence-electron chi connectivity index (χ2n) is 4.96. The Morgan fingerprint density at radius 2 is 1.79 bits per heavy atom. The van der Waals surface area contributed by atoms with Crippen LogP contribution in [-0.4, -0.2) is 43.8 Å². The average Bonchev–Trinajstić information content (AvgIpc) is 2.40. The van der Waals surface area contributed by atoms with E-state index in [-0.39, 0.29) is 24.8 Å². The Bertz CT molecular complexity index is 383. The molecule has 2 heterocycles. The molecule has 0 unspecified atom stereocenters. The van der Waals surface area contributed by atoms with Gasteiger partial charge in [-0.2, -0.15) is 0 Å². The molecular formula is C14H22Cl2N2O. The standard InChI is InChI=1S/C14H20N2O.2ClH/c1-2-4-13-10-15-14(9-12(13)3-1)11-16-5-7-17-8-6-16;;/h1-4,14-15H,5-11H2;2*1H/t14-;;/m0../s1. The number of nitrogens with one attached hydrogen (secondary N) is 1. The first-order valence-corrected chi connectivity index (χ1v) is 6.52. The normalized spacial score (nSPS) is 22.8. The molecule has 19 heavy (non-hydrogen) atoms. The Balaban J connectivity index is 0.000000902. The summed E-state index contributed by atoms with van der Waals surface area (Å²) in [6, 6.07) is 9.37. The molecule has 1 aromatic carbocycles. The average molecular weight is 305 g/mol. The second kappa shape index (κ2) is 8.08. The first-order valence-electron chi connectivity index (χ1n) is 6.52. The minimum absolute atomic E-state index is 0. The van der Waals surface area contributed by atoms with Gasteiger partial charge in [-0.25, -0.2) is 0 Å². The maximum atomic E-state index is 5.38. The molecule has 5 heteroatoms. The number of ether oxygens (including phenoxy) is 1. The van der Waals surface area contributed by atoms with Crippen molar-refractivity contribution in [2.24, 2.45) is 0 Å². The maximum absolute atomic E-state index is 5.38. The topological polar surface area (TPSA) is 24.5 Å². The van der Waals surface area contributed by atoms with Crippen LogP contribution in [0.15, 0.2) is 24.3 Å². The lowest BCUT2D eigenvalue weighted by Gasteiger charge is -2.33. The fourth-order valence-corrected chi connectivity index (χ4v) is 2.75. The molecule has 3 rings (SSSR count). The van der Waals surface area contributed by atoms with Crippen molar-refractivity contribution < 1.29 is 4.74 Å². The van der Waals surface area contributed by atoms with E-state index in [1.807, 2.05) is 0 Å². The van der Waals surface area contributed by atoms with E-state index in [0.717, 1.165) is 45.8 Å². The number of morpholine rings is 1. The number of benzene rings is 1. The molecule has 2 aliphatic heterocycles. The summed E-state index contributed by atoms with van der Waals surface area (Å²) >= 11 is 0. The van der Waals surface area contributed by atoms with Gasteiger partial charge in [0.05, 0.1) is 13.2 Å². The van der Waals surface area contributed by atoms with E-state index in [0.29, 0.717) is 6.04 Å². The molecule has 0 bridgehead atoms. The monoisotopic (exact) mass is 304 g/mol. The van der Waals surface area contributed by atoms with Gasteiger partial charge >= 0.3 is 0 Å². The third kappa shape index (κ3) is 4.33. The van der Waals surface area contributed by atoms with Gasteiger partial charge in [0.1, 0.15) is 0 Å². The van der Waals surface area contributed by atoms with Crippen molar-refractivity contribution in [3.63, 3.8) is 0 Å². The largest absolute Gasteiger partial charge is 0.379 e. The Hall–Kier alpha value is -0.320. The smallest absolute Gasteiger partial charge is 0.0594 e. The summed E-state index contributed by atoms with van der Waals surface area (Å²) in [6.07, 6.45) is 1.16. The van der Waals surface area contributed by atoms with E-state index in [1.165, 1.54) is 11.1 Å². The van der Waals surface area contributed by atoms with Gasteiger partial charge in [-0.3, -0.25) is 4.90 Å². The number of hydrogen-bond acceptors (Lipinski definition) is 3. The summed E-state index contributed by atoms with van der Waals surface area (Å²) < 4.78 is 5.38. The van der Waals surface area contributed by atoms with Gasteiger partial charge in [0, 0.05) is 32.2 Å². The Labute approximate surface area is 127 Å². The summed E-state index contributed by atoms with van der Waals surface area (Å²) in [5.74, 6) is 0. The quantitative estimate of drug-likeness (QED) is 0.903. The SMILES string of the molecule is Cl.Cl.c1ccc2c(c1)CN[C@H](CN1CCOCC1)C2. The van der Waals surface area contributed by atoms with Crippen LogP contribution >= 0.6 is 24.8 Å². The number of nitrogens with zero attached hydrogens (tertiary/aromatic N) is 1. The van der Waals surface area contributed by atoms with Crippen LogP contribution in [0, 0.1) is 0 Å². The molecule has 1 N–H and O–H groups in total. The number of fused-ring (bicyclic) bond motifs is 1. The number of rotatable bonds is 2. The third-order valence-electron chi connectivity index (χ3n) is 3.75. The molecule has 1 aromatic rings. The lowest BCUT2D eigenvalue weighted by molar-refractivity contribution is 0.0331. The fourth-order valence-electron chi connectivity index (χ4n) is 2.75. The molecule has 1 atom stereocenters. The van der Waals surface area contributed by atoms with Crippen LogP contribution in [0.5, 0.6) is 0 Å². The fraction of sp³-hybridized carbons (Fsp3) is 0.571. The minimum atomic E-state index is 0. The number of hydrogen-bond donors (Lipinski definition) is 1. The molecule has 1 fully saturated rings. The van der Waals surface area contributed by atoms with E-state index in [1.54, 1.807) is 0 Å². The molecule has 3 nitrogen and oxygen atoms in total. The van der Waals surface area contributed by atoms with Gasteiger partial charge in [-0.15, -0.1) is 24.8 Å². The van der Waals surface area contributed by atoms with Crippen molar-refractivity contribution in [1.29, 1.82) is 0 Å². The Morgan fingerprint density at radius 1 is 1.11 bits per heavy atom. The summed E-state index contributed by atoms with van der Waals surface area (Å²) in [5.41, 5.74) is 2.98. The highest BCUT2D eigenvalue weighted by atomic mass is 35.5. The molecule has 0 amide bonds. The molecule has 108 valence electrons. The zero-order valence-electron chi connectivity index (χ0n) is 11.0. The molecule has 0 aromatic heterocycles. The van der Waals surface area contributed by atoms with E-state index in [2.05, 4.69) is 34.5 Å². The van der Waals surface area contributed by atoms with E-state index in [4.69, 9.17) is 4.74 Å². The van der Waals surface area contributed by atoms with E-state index >= 15 is 0 Å². The first-order chi connectivity index (χ1) is 8.42. The van der Waals surface area contributed by atoms with Crippen molar-refractivity contribution in [3.05, 3.63) is 35.4 Å². The van der Waals surface area contributed by atoms with Crippen LogP contribution in [0.1, 0.15) is 11.1 Å². The lowest BCUT2D eigenvalue weighted by Crippen LogP contribution is -2.47. The predicted molar refractivity (Wildman–Crippen MR) is 82.5 cm³/mol. The van der Waals surface area contributed by atoms with Crippen LogP contribution in [0.2, 0.25) is 0 Å². The molecule has 0 saturated carbocycles. The molecular weight excluding hydrogens is 283 g/mol. The van der Waals surface area contributed by atoms with Crippen molar-refractivity contribution in [2.45, 2.75) is 19.0 Å². The summed E-state index contributed by atoms with van der Waals surface area (Å²) in [5, 5.41) is 3.64. The van der Waals surface area contributed by atoms with Crippen LogP contribution in [0.25, 0.3) is 0 Å². The minimum Gasteiger partial charge on any atom is -0.379 e. The highest BCUT2D eigenvalue weighted by Gasteiger charge is 2.20. The second-order valence-corrected chi connectivity index (χ2v) is 4.96. The van der Waals surface area contributed by atoms with Crippen molar-refractivity contribution in [3.8, 4) is 0 Å². The number of halogens is 2. The summed E-state index contributed by atoms with van der Waals surface area (Å²) in [6.45, 7) is 6.12. The van der Waals surface area contributed by atoms with Crippen molar-refractivity contribution in [1.82, 2.24) is 10.2 Å². The first kappa shape index (κ1) is 16.7. The summed E-state index contributed by atoms with van der Waals surface area (Å²) in [4.78, 5) is 2.51. The Kier molecular flexibility index (Phi) is 7.11. The van der Waals surface area contributed by atoms with Gasteiger partial charge in [-0.05, 0) is 17.5 Å². The lowest BCUT2D eigenvalue weighted by atomic mass is 9.95. The van der Waals surface area contributed by atoms with Crippen LogP contribution in [-0.2, 0) is 17.7 Å². The van der Waals surface area contributed by atoms with Gasteiger partial charge in [0.15, 0.2) is 0 Å². The maximum Gasteiger partial charge on any atom is 0.0594 e. The molecule has 1 saturated heterocycles. The van der Waals surface area contributed by atoms with Gasteiger partial charge < -0.3 is 10.1 Å². The Morgan fingerprint density at radius 3 is 2.53 bits per heavy atom. The zero-order valence-corrected chi connectivity index (χ0v) is 12.6. The van der Waals surface area contributed by atoms with Crippen LogP contribution in [0.3, 0.4) is 0 Å².